The smallest absolute Gasteiger partial charge is 0.254 e. The van der Waals surface area contributed by atoms with Crippen LogP contribution in [0.5, 0.6) is 0 Å². The number of para-hydroxylation sites is 2. The number of imidazole rings is 1. The average molecular weight is 648 g/mol. The molecule has 4 heterocycles. The summed E-state index contributed by atoms with van der Waals surface area (Å²) in [6.45, 7) is 10.2. The fourth-order valence-electron chi connectivity index (χ4n) is 7.71. The largest absolute Gasteiger partial charge is 0.380 e. The molecule has 3 unspecified atom stereocenters. The SMILES string of the molecule is CCOCCn1c(C2CCN(CCC3(c4ccccc4)CCN(C(=O)c4cc(-n5cnnn5)ccc4C)C3)CC2N)nc2ccccc21. The first-order chi connectivity index (χ1) is 23.5. The van der Waals surface area contributed by atoms with E-state index in [2.05, 4.69) is 73.5 Å². The van der Waals surface area contributed by atoms with Crippen molar-refractivity contribution in [1.29, 1.82) is 0 Å². The zero-order valence-corrected chi connectivity index (χ0v) is 27.9. The van der Waals surface area contributed by atoms with Crippen molar-refractivity contribution in [2.24, 2.45) is 5.73 Å². The Balaban J connectivity index is 1.06. The van der Waals surface area contributed by atoms with Crippen LogP contribution in [0.3, 0.4) is 0 Å². The number of carbonyl (C=O) groups is 1. The Morgan fingerprint density at radius 1 is 1.04 bits per heavy atom. The maximum absolute atomic E-state index is 14.0. The Kier molecular flexibility index (Phi) is 9.34. The van der Waals surface area contributed by atoms with Crippen molar-refractivity contribution in [1.82, 2.24) is 39.6 Å². The number of nitrogens with zero attached hydrogens (tertiary/aromatic N) is 8. The molecule has 3 atom stereocenters. The number of aryl methyl sites for hydroxylation is 1. The second kappa shape index (κ2) is 14.0. The predicted molar refractivity (Wildman–Crippen MR) is 185 cm³/mol. The molecule has 5 aromatic rings. The van der Waals surface area contributed by atoms with E-state index < -0.39 is 0 Å². The second-order valence-corrected chi connectivity index (χ2v) is 13.3. The van der Waals surface area contributed by atoms with Gasteiger partial charge in [0.2, 0.25) is 0 Å². The van der Waals surface area contributed by atoms with Gasteiger partial charge < -0.3 is 24.8 Å². The fraction of sp³-hybridized carbons (Fsp3) is 0.432. The first kappa shape index (κ1) is 32.1. The molecule has 2 N–H and O–H groups in total. The van der Waals surface area contributed by atoms with Crippen LogP contribution in [0.1, 0.15) is 59.4 Å². The summed E-state index contributed by atoms with van der Waals surface area (Å²) in [5, 5.41) is 11.5. The number of likely N-dealkylation sites (tertiary alicyclic amines) is 2. The number of hydrogen-bond donors (Lipinski definition) is 1. The van der Waals surface area contributed by atoms with Crippen LogP contribution >= 0.6 is 0 Å². The Hall–Kier alpha value is -4.45. The monoisotopic (exact) mass is 647 g/mol. The van der Waals surface area contributed by atoms with E-state index in [-0.39, 0.29) is 23.3 Å². The lowest BCUT2D eigenvalue weighted by atomic mass is 9.76. The lowest BCUT2D eigenvalue weighted by Gasteiger charge is -2.39. The van der Waals surface area contributed by atoms with Crippen LogP contribution < -0.4 is 5.73 Å². The van der Waals surface area contributed by atoms with E-state index >= 15 is 0 Å². The summed E-state index contributed by atoms with van der Waals surface area (Å²) < 4.78 is 9.62. The topological polar surface area (TPSA) is 120 Å². The van der Waals surface area contributed by atoms with Gasteiger partial charge >= 0.3 is 0 Å². The van der Waals surface area contributed by atoms with Crippen LogP contribution in [0.2, 0.25) is 0 Å². The first-order valence-electron chi connectivity index (χ1n) is 17.2. The van der Waals surface area contributed by atoms with Crippen LogP contribution in [0.15, 0.2) is 79.1 Å². The second-order valence-electron chi connectivity index (χ2n) is 13.3. The van der Waals surface area contributed by atoms with Crippen LogP contribution in [0, 0.1) is 6.92 Å². The normalized spacial score (nSPS) is 21.7. The number of hydrogen-bond acceptors (Lipinski definition) is 8. The molecule has 0 radical (unpaired) electrons. The molecular weight excluding hydrogens is 602 g/mol. The van der Waals surface area contributed by atoms with E-state index in [0.717, 1.165) is 73.6 Å². The van der Waals surface area contributed by atoms with Gasteiger partial charge in [-0.25, -0.2) is 9.67 Å². The van der Waals surface area contributed by atoms with Crippen LogP contribution in [0.4, 0.5) is 0 Å². The molecule has 11 heteroatoms. The minimum absolute atomic E-state index is 0.0221. The number of piperidine rings is 1. The van der Waals surface area contributed by atoms with Crippen LogP contribution in [0.25, 0.3) is 16.7 Å². The lowest BCUT2D eigenvalue weighted by molar-refractivity contribution is 0.0779. The zero-order chi connectivity index (χ0) is 33.1. The third-order valence-electron chi connectivity index (χ3n) is 10.4. The molecule has 11 nitrogen and oxygen atoms in total. The van der Waals surface area contributed by atoms with E-state index in [9.17, 15) is 4.79 Å². The molecule has 3 aromatic carbocycles. The van der Waals surface area contributed by atoms with Crippen molar-refractivity contribution >= 4 is 16.9 Å². The quantitative estimate of drug-likeness (QED) is 0.210. The molecule has 2 aliphatic rings. The number of aromatic nitrogens is 6. The van der Waals surface area contributed by atoms with Crippen LogP contribution in [-0.2, 0) is 16.7 Å². The number of amides is 1. The lowest BCUT2D eigenvalue weighted by Crippen LogP contribution is -2.49. The van der Waals surface area contributed by atoms with E-state index in [1.54, 1.807) is 11.0 Å². The van der Waals surface area contributed by atoms with E-state index in [1.165, 1.54) is 5.56 Å². The zero-order valence-electron chi connectivity index (χ0n) is 27.9. The Bertz CT molecular complexity index is 1840. The van der Waals surface area contributed by atoms with Gasteiger partial charge in [0.05, 0.1) is 23.3 Å². The number of tetrazole rings is 1. The van der Waals surface area contributed by atoms with Gasteiger partial charge in [0.1, 0.15) is 12.2 Å². The van der Waals surface area contributed by atoms with Gasteiger partial charge in [-0.1, -0.05) is 48.5 Å². The molecule has 1 amide bonds. The van der Waals surface area contributed by atoms with Gasteiger partial charge in [-0.3, -0.25) is 4.79 Å². The highest BCUT2D eigenvalue weighted by Crippen LogP contribution is 2.39. The summed E-state index contributed by atoms with van der Waals surface area (Å²) in [5.41, 5.74) is 12.7. The minimum atomic E-state index is -0.132. The van der Waals surface area contributed by atoms with Gasteiger partial charge in [-0.05, 0) is 92.0 Å². The van der Waals surface area contributed by atoms with E-state index in [0.29, 0.717) is 31.9 Å². The number of fused-ring (bicyclic) bond motifs is 1. The maximum Gasteiger partial charge on any atom is 0.254 e. The number of ether oxygens (including phenoxy) is 1. The van der Waals surface area contributed by atoms with Crippen molar-refractivity contribution in [3.8, 4) is 5.69 Å². The standard InChI is InChI=1S/C37H45N9O2/c1-3-48-22-21-45-34-12-8-7-11-33(34)40-35(45)30-15-18-43(24-32(30)38)19-16-37(28-9-5-4-6-10-28)17-20-44(25-37)36(47)31-23-29(14-13-27(31)2)46-26-39-41-42-46/h4-14,23,26,30,32H,3,15-22,24-25,38H2,1-2H3. The molecule has 2 saturated heterocycles. The average Bonchev–Trinajstić information content (AvgIpc) is 3.88. The molecule has 2 aliphatic heterocycles. The first-order valence-corrected chi connectivity index (χ1v) is 17.2. The van der Waals surface area contributed by atoms with E-state index in [1.807, 2.05) is 43.0 Å². The molecule has 0 aliphatic carbocycles. The summed E-state index contributed by atoms with van der Waals surface area (Å²) in [6, 6.07) is 24.9. The minimum Gasteiger partial charge on any atom is -0.380 e. The molecular formula is C37H45N9O2. The molecule has 2 aromatic heterocycles. The molecule has 2 fully saturated rings. The molecule has 0 spiro atoms. The fourth-order valence-corrected chi connectivity index (χ4v) is 7.71. The van der Waals surface area contributed by atoms with Gasteiger partial charge in [-0.2, -0.15) is 0 Å². The molecule has 0 saturated carbocycles. The summed E-state index contributed by atoms with van der Waals surface area (Å²) in [6.07, 6.45) is 4.37. The Labute approximate surface area is 281 Å². The number of benzene rings is 3. The molecule has 7 rings (SSSR count). The third-order valence-corrected chi connectivity index (χ3v) is 10.4. The highest BCUT2D eigenvalue weighted by atomic mass is 16.5. The summed E-state index contributed by atoms with van der Waals surface area (Å²) in [7, 11) is 0. The highest BCUT2D eigenvalue weighted by molar-refractivity contribution is 5.96. The van der Waals surface area contributed by atoms with Crippen molar-refractivity contribution in [2.45, 2.75) is 57.0 Å². The molecule has 250 valence electrons. The van der Waals surface area contributed by atoms with Gasteiger partial charge in [0.25, 0.3) is 5.91 Å². The van der Waals surface area contributed by atoms with Gasteiger partial charge in [0, 0.05) is 55.7 Å². The van der Waals surface area contributed by atoms with Gasteiger partial charge in [-0.15, -0.1) is 5.10 Å². The summed E-state index contributed by atoms with van der Waals surface area (Å²) >= 11 is 0. The molecule has 48 heavy (non-hydrogen) atoms. The van der Waals surface area contributed by atoms with Gasteiger partial charge in [0.15, 0.2) is 0 Å². The van der Waals surface area contributed by atoms with Crippen molar-refractivity contribution < 1.29 is 9.53 Å². The third kappa shape index (κ3) is 6.37. The highest BCUT2D eigenvalue weighted by Gasteiger charge is 2.42. The van der Waals surface area contributed by atoms with E-state index in [4.69, 9.17) is 15.5 Å². The van der Waals surface area contributed by atoms with Crippen LogP contribution in [-0.4, -0.2) is 97.4 Å². The number of nitrogens with two attached hydrogens (primary N) is 1. The number of carbonyl (C=O) groups excluding carboxylic acids is 1. The van der Waals surface area contributed by atoms with Crippen molar-refractivity contribution in [2.75, 3.05) is 45.9 Å². The summed E-state index contributed by atoms with van der Waals surface area (Å²) in [4.78, 5) is 23.7. The van der Waals surface area contributed by atoms with Crippen molar-refractivity contribution in [3.05, 3.63) is 102 Å². The predicted octanol–water partition coefficient (Wildman–Crippen LogP) is 4.35. The Morgan fingerprint density at radius 3 is 2.67 bits per heavy atom. The molecule has 0 bridgehead atoms. The van der Waals surface area contributed by atoms with Crippen molar-refractivity contribution in [3.63, 3.8) is 0 Å². The summed E-state index contributed by atoms with van der Waals surface area (Å²) in [5.74, 6) is 1.31. The maximum atomic E-state index is 14.0. The Morgan fingerprint density at radius 2 is 1.88 bits per heavy atom. The number of rotatable bonds is 11.